The van der Waals surface area contributed by atoms with Gasteiger partial charge in [-0.2, -0.15) is 0 Å². The molecule has 28 heavy (non-hydrogen) atoms. The average Bonchev–Trinajstić information content (AvgIpc) is 3.11. The quantitative estimate of drug-likeness (QED) is 0.355. The van der Waals surface area contributed by atoms with Crippen molar-refractivity contribution in [2.24, 2.45) is 10.4 Å². The fraction of sp³-hybridized carbons (Fsp3) is 0.600. The topological polar surface area (TPSA) is 60.0 Å². The van der Waals surface area contributed by atoms with E-state index >= 15 is 0 Å². The van der Waals surface area contributed by atoms with E-state index in [4.69, 9.17) is 0 Å². The van der Waals surface area contributed by atoms with Gasteiger partial charge in [-0.1, -0.05) is 18.9 Å². The van der Waals surface area contributed by atoms with Crippen LogP contribution in [0.5, 0.6) is 0 Å². The molecule has 1 amide bonds. The van der Waals surface area contributed by atoms with Crippen LogP contribution in [0.3, 0.4) is 0 Å². The molecule has 1 fully saturated rings. The van der Waals surface area contributed by atoms with Crippen LogP contribution in [0, 0.1) is 11.2 Å². The van der Waals surface area contributed by atoms with Gasteiger partial charge in [0, 0.05) is 48.3 Å². The molecule has 0 spiro atoms. The normalized spacial score (nSPS) is 15.6. The Kier molecular flexibility index (Phi) is 9.46. The molecule has 0 radical (unpaired) electrons. The Bertz CT molecular complexity index is 687. The number of nitrogens with zero attached hydrogens (tertiary/aromatic N) is 3. The lowest BCUT2D eigenvalue weighted by molar-refractivity contribution is -0.138. The molecule has 0 saturated heterocycles. The number of anilines is 1. The van der Waals surface area contributed by atoms with Crippen LogP contribution in [0.2, 0.25) is 0 Å². The molecule has 2 N–H and O–H groups in total. The Labute approximate surface area is 185 Å². The summed E-state index contributed by atoms with van der Waals surface area (Å²) in [5.41, 5.74) is 1.04. The van der Waals surface area contributed by atoms with Crippen LogP contribution in [0.4, 0.5) is 10.1 Å². The zero-order valence-corrected chi connectivity index (χ0v) is 19.8. The summed E-state index contributed by atoms with van der Waals surface area (Å²) in [6.45, 7) is 1.01. The minimum Gasteiger partial charge on any atom is -0.375 e. The van der Waals surface area contributed by atoms with Crippen molar-refractivity contribution in [2.45, 2.75) is 32.2 Å². The first kappa shape index (κ1) is 24.5. The smallest absolute Gasteiger partial charge is 0.230 e. The minimum atomic E-state index is -0.361. The van der Waals surface area contributed by atoms with E-state index < -0.39 is 0 Å². The number of nitrogens with one attached hydrogen (secondary N) is 2. The van der Waals surface area contributed by atoms with E-state index in [1.54, 1.807) is 37.0 Å². The number of guanidine groups is 1. The molecule has 158 valence electrons. The lowest BCUT2D eigenvalue weighted by Crippen LogP contribution is -2.49. The number of carbonyl (C=O) groups excluding carboxylic acids is 1. The third-order valence-electron chi connectivity index (χ3n) is 5.19. The molecule has 1 saturated carbocycles. The summed E-state index contributed by atoms with van der Waals surface area (Å²) in [5, 5.41) is 6.50. The van der Waals surface area contributed by atoms with E-state index in [-0.39, 0.29) is 41.1 Å². The average molecular weight is 505 g/mol. The third-order valence-corrected chi connectivity index (χ3v) is 5.19. The minimum absolute atomic E-state index is 0. The molecule has 0 aromatic heterocycles. The van der Waals surface area contributed by atoms with Gasteiger partial charge in [-0.25, -0.2) is 4.39 Å². The van der Waals surface area contributed by atoms with Gasteiger partial charge >= 0.3 is 0 Å². The van der Waals surface area contributed by atoms with Crippen molar-refractivity contribution >= 4 is 41.5 Å². The maximum Gasteiger partial charge on any atom is 0.230 e. The van der Waals surface area contributed by atoms with Crippen molar-refractivity contribution in [3.63, 3.8) is 0 Å². The molecule has 1 aliphatic carbocycles. The monoisotopic (exact) mass is 505 g/mol. The standard InChI is InChI=1S/C20H32FN5O.HI/c1-22-19(23-13-15-8-9-17(25(2)3)16(21)12-15)24-14-20(10-6-7-11-20)18(27)26(4)5;/h8-9,12H,6-7,10-11,13-14H2,1-5H3,(H2,22,23,24);1H. The highest BCUT2D eigenvalue weighted by molar-refractivity contribution is 14.0. The summed E-state index contributed by atoms with van der Waals surface area (Å²) in [4.78, 5) is 20.3. The predicted molar refractivity (Wildman–Crippen MR) is 124 cm³/mol. The molecule has 1 aliphatic rings. The molecule has 0 bridgehead atoms. The number of aliphatic imine (C=N–C) groups is 1. The van der Waals surface area contributed by atoms with Crippen LogP contribution < -0.4 is 15.5 Å². The van der Waals surface area contributed by atoms with E-state index in [0.717, 1.165) is 31.2 Å². The van der Waals surface area contributed by atoms with Crippen LogP contribution in [0.25, 0.3) is 0 Å². The highest BCUT2D eigenvalue weighted by atomic mass is 127. The number of amides is 1. The fourth-order valence-electron chi connectivity index (χ4n) is 3.67. The van der Waals surface area contributed by atoms with Crippen molar-refractivity contribution in [3.05, 3.63) is 29.6 Å². The largest absolute Gasteiger partial charge is 0.375 e. The number of halogens is 2. The highest BCUT2D eigenvalue weighted by Crippen LogP contribution is 2.38. The lowest BCUT2D eigenvalue weighted by Gasteiger charge is -2.31. The molecule has 0 aliphatic heterocycles. The van der Waals surface area contributed by atoms with Crippen LogP contribution in [-0.4, -0.2) is 58.5 Å². The van der Waals surface area contributed by atoms with Gasteiger partial charge in [0.25, 0.3) is 0 Å². The summed E-state index contributed by atoms with van der Waals surface area (Å²) >= 11 is 0. The first-order valence-corrected chi connectivity index (χ1v) is 9.41. The van der Waals surface area contributed by atoms with Gasteiger partial charge in [0.2, 0.25) is 5.91 Å². The van der Waals surface area contributed by atoms with E-state index in [9.17, 15) is 9.18 Å². The van der Waals surface area contributed by atoms with E-state index in [0.29, 0.717) is 24.7 Å². The number of rotatable bonds is 6. The van der Waals surface area contributed by atoms with Crippen LogP contribution in [-0.2, 0) is 11.3 Å². The maximum atomic E-state index is 14.1. The number of hydrogen-bond donors (Lipinski definition) is 2. The summed E-state index contributed by atoms with van der Waals surface area (Å²) in [5.74, 6) is 0.540. The Morgan fingerprint density at radius 2 is 1.82 bits per heavy atom. The molecule has 1 aromatic carbocycles. The molecule has 2 rings (SSSR count). The van der Waals surface area contributed by atoms with E-state index in [1.165, 1.54) is 6.07 Å². The Morgan fingerprint density at radius 1 is 1.18 bits per heavy atom. The van der Waals surface area contributed by atoms with Crippen LogP contribution >= 0.6 is 24.0 Å². The third kappa shape index (κ3) is 5.96. The molecule has 1 aromatic rings. The number of hydrogen-bond acceptors (Lipinski definition) is 3. The van der Waals surface area contributed by atoms with Gasteiger partial charge in [0.1, 0.15) is 5.82 Å². The Morgan fingerprint density at radius 3 is 2.32 bits per heavy atom. The second-order valence-electron chi connectivity index (χ2n) is 7.65. The second kappa shape index (κ2) is 10.8. The zero-order chi connectivity index (χ0) is 20.0. The summed E-state index contributed by atoms with van der Waals surface area (Å²) in [6.07, 6.45) is 3.94. The zero-order valence-electron chi connectivity index (χ0n) is 17.5. The van der Waals surface area contributed by atoms with Gasteiger partial charge in [-0.3, -0.25) is 9.79 Å². The predicted octanol–water partition coefficient (Wildman–Crippen LogP) is 2.82. The number of benzene rings is 1. The summed E-state index contributed by atoms with van der Waals surface area (Å²) < 4.78 is 14.1. The molecule has 0 unspecified atom stereocenters. The summed E-state index contributed by atoms with van der Waals surface area (Å²) in [6, 6.07) is 5.20. The van der Waals surface area contributed by atoms with Gasteiger partial charge in [-0.15, -0.1) is 24.0 Å². The molecule has 8 heteroatoms. The van der Waals surface area contributed by atoms with Crippen molar-refractivity contribution in [1.29, 1.82) is 0 Å². The van der Waals surface area contributed by atoms with Gasteiger partial charge < -0.3 is 20.4 Å². The fourth-order valence-corrected chi connectivity index (χ4v) is 3.67. The Balaban J connectivity index is 0.00000392. The molecule has 6 nitrogen and oxygen atoms in total. The molecular formula is C20H33FIN5O. The van der Waals surface area contributed by atoms with Gasteiger partial charge in [0.05, 0.1) is 11.1 Å². The number of carbonyl (C=O) groups is 1. The first-order valence-electron chi connectivity index (χ1n) is 9.41. The van der Waals surface area contributed by atoms with Crippen molar-refractivity contribution < 1.29 is 9.18 Å². The Hall–Kier alpha value is -1.58. The van der Waals surface area contributed by atoms with Gasteiger partial charge in [-0.05, 0) is 30.5 Å². The molecule has 0 atom stereocenters. The molecule has 0 heterocycles. The van der Waals surface area contributed by atoms with E-state index in [1.807, 2.05) is 20.2 Å². The maximum absolute atomic E-state index is 14.1. The lowest BCUT2D eigenvalue weighted by atomic mass is 9.84. The van der Waals surface area contributed by atoms with E-state index in [2.05, 4.69) is 15.6 Å². The van der Waals surface area contributed by atoms with Crippen LogP contribution in [0.15, 0.2) is 23.2 Å². The van der Waals surface area contributed by atoms with Crippen LogP contribution in [0.1, 0.15) is 31.2 Å². The highest BCUT2D eigenvalue weighted by Gasteiger charge is 2.42. The molecular weight excluding hydrogens is 472 g/mol. The van der Waals surface area contributed by atoms with Crippen molar-refractivity contribution in [1.82, 2.24) is 15.5 Å². The van der Waals surface area contributed by atoms with Gasteiger partial charge in [0.15, 0.2) is 5.96 Å². The summed E-state index contributed by atoms with van der Waals surface area (Å²) in [7, 11) is 8.94. The first-order chi connectivity index (χ1) is 12.8. The second-order valence-corrected chi connectivity index (χ2v) is 7.65. The van der Waals surface area contributed by atoms with Crippen molar-refractivity contribution in [2.75, 3.05) is 46.7 Å². The van der Waals surface area contributed by atoms with Crippen molar-refractivity contribution in [3.8, 4) is 0 Å². The SMILES string of the molecule is CN=C(NCc1ccc(N(C)C)c(F)c1)NCC1(C(=O)N(C)C)CCCC1.I.